The second-order valence-corrected chi connectivity index (χ2v) is 11.5. The molecule has 1 aromatic rings. The normalized spacial score (nSPS) is 37.7. The molecule has 2 aliphatic carbocycles. The van der Waals surface area contributed by atoms with Gasteiger partial charge >= 0.3 is 27.6 Å². The largest absolute Gasteiger partial charge is 0.523 e. The number of carbonyl (C=O) groups is 3. The van der Waals surface area contributed by atoms with E-state index in [-0.39, 0.29) is 19.3 Å². The molecule has 0 N–H and O–H groups in total. The van der Waals surface area contributed by atoms with Crippen molar-refractivity contribution >= 4 is 27.8 Å². The lowest BCUT2D eigenvalue weighted by atomic mass is 9.43. The van der Waals surface area contributed by atoms with Crippen molar-refractivity contribution < 1.29 is 54.0 Å². The number of hydrogen-bond donors (Lipinski definition) is 0. The van der Waals surface area contributed by atoms with Crippen LogP contribution in [-0.4, -0.2) is 44.9 Å². The van der Waals surface area contributed by atoms with E-state index in [1.807, 2.05) is 0 Å². The van der Waals surface area contributed by atoms with Gasteiger partial charge in [-0.25, -0.2) is 0 Å². The Hall–Kier alpha value is -2.41. The van der Waals surface area contributed by atoms with Crippen molar-refractivity contribution in [1.29, 1.82) is 0 Å². The van der Waals surface area contributed by atoms with Crippen LogP contribution in [-0.2, 0) is 38.2 Å². The van der Waals surface area contributed by atoms with E-state index in [1.165, 1.54) is 12.5 Å². The Morgan fingerprint density at radius 3 is 2.46 bits per heavy atom. The van der Waals surface area contributed by atoms with Crippen molar-refractivity contribution in [3.05, 3.63) is 24.2 Å². The van der Waals surface area contributed by atoms with Crippen LogP contribution < -0.4 is 0 Å². The van der Waals surface area contributed by atoms with Crippen molar-refractivity contribution in [2.45, 2.75) is 57.2 Å². The van der Waals surface area contributed by atoms with Crippen LogP contribution in [0.3, 0.4) is 0 Å². The number of carbonyl (C=O) groups excluding carboxylic acids is 3. The minimum absolute atomic E-state index is 0.113. The first-order valence-corrected chi connectivity index (χ1v) is 12.4. The van der Waals surface area contributed by atoms with Gasteiger partial charge in [0.05, 0.1) is 31.5 Å². The minimum Gasteiger partial charge on any atom is -0.472 e. The summed E-state index contributed by atoms with van der Waals surface area (Å²) in [5.41, 5.74) is -7.51. The highest BCUT2D eigenvalue weighted by Crippen LogP contribution is 2.65. The molecule has 2 heterocycles. The number of esters is 2. The van der Waals surface area contributed by atoms with E-state index >= 15 is 0 Å². The van der Waals surface area contributed by atoms with Crippen molar-refractivity contribution in [3.63, 3.8) is 0 Å². The molecule has 35 heavy (non-hydrogen) atoms. The highest BCUT2D eigenvalue weighted by Gasteiger charge is 2.68. The van der Waals surface area contributed by atoms with Crippen LogP contribution in [0.1, 0.15) is 51.2 Å². The summed E-state index contributed by atoms with van der Waals surface area (Å²) in [4.78, 5) is 39.5. The zero-order chi connectivity index (χ0) is 26.0. The molecular weight excluding hydrogens is 497 g/mol. The van der Waals surface area contributed by atoms with Gasteiger partial charge in [0.15, 0.2) is 5.78 Å². The maximum absolute atomic E-state index is 13.7. The minimum atomic E-state index is -6.13. The van der Waals surface area contributed by atoms with E-state index in [4.69, 9.17) is 13.9 Å². The van der Waals surface area contributed by atoms with E-state index in [1.54, 1.807) is 19.9 Å². The summed E-state index contributed by atoms with van der Waals surface area (Å²) in [6.45, 7) is 3.31. The van der Waals surface area contributed by atoms with Crippen LogP contribution in [0.25, 0.3) is 0 Å². The summed E-state index contributed by atoms with van der Waals surface area (Å²) in [5.74, 6) is -5.37. The van der Waals surface area contributed by atoms with Gasteiger partial charge in [0.2, 0.25) is 0 Å². The van der Waals surface area contributed by atoms with Gasteiger partial charge < -0.3 is 13.9 Å². The quantitative estimate of drug-likeness (QED) is 0.333. The Bertz CT molecular complexity index is 1130. The molecule has 0 bridgehead atoms. The van der Waals surface area contributed by atoms with E-state index in [2.05, 4.69) is 4.18 Å². The molecule has 7 atom stereocenters. The second kappa shape index (κ2) is 8.32. The maximum Gasteiger partial charge on any atom is 0.523 e. The zero-order valence-corrected chi connectivity index (χ0v) is 20.0. The van der Waals surface area contributed by atoms with Gasteiger partial charge in [-0.1, -0.05) is 13.8 Å². The Kier molecular flexibility index (Phi) is 6.11. The number of Topliss-reactive ketones (excluding diaryl/α,β-unsaturated/α-hetero) is 1. The summed E-state index contributed by atoms with van der Waals surface area (Å²) >= 11 is 0. The average molecular weight is 522 g/mol. The van der Waals surface area contributed by atoms with Gasteiger partial charge in [-0.15, -0.1) is 0 Å². The Labute approximate surface area is 199 Å². The summed E-state index contributed by atoms with van der Waals surface area (Å²) < 4.78 is 82.7. The van der Waals surface area contributed by atoms with Crippen molar-refractivity contribution in [3.8, 4) is 0 Å². The van der Waals surface area contributed by atoms with Crippen molar-refractivity contribution in [2.75, 3.05) is 7.11 Å². The Balaban J connectivity index is 1.80. The highest BCUT2D eigenvalue weighted by atomic mass is 32.2. The second-order valence-electron chi connectivity index (χ2n) is 9.92. The molecule has 0 aromatic carbocycles. The number of halogens is 3. The van der Waals surface area contributed by atoms with E-state index in [9.17, 15) is 36.0 Å². The van der Waals surface area contributed by atoms with Crippen LogP contribution in [0.15, 0.2) is 23.0 Å². The summed E-state index contributed by atoms with van der Waals surface area (Å²) in [7, 11) is -5.03. The van der Waals surface area contributed by atoms with E-state index in [0.717, 1.165) is 7.11 Å². The van der Waals surface area contributed by atoms with Gasteiger partial charge in [0.25, 0.3) is 0 Å². The summed E-state index contributed by atoms with van der Waals surface area (Å²) in [6, 6.07) is 1.59. The fourth-order valence-corrected chi connectivity index (χ4v) is 7.04. The molecule has 194 valence electrons. The molecule has 0 radical (unpaired) electrons. The smallest absolute Gasteiger partial charge is 0.472 e. The number of ketones is 1. The summed E-state index contributed by atoms with van der Waals surface area (Å²) in [6.07, 6.45) is -0.106. The molecule has 1 aliphatic heterocycles. The molecule has 3 aliphatic rings. The van der Waals surface area contributed by atoms with Gasteiger partial charge in [-0.3, -0.25) is 18.6 Å². The number of cyclic esters (lactones) is 1. The molecule has 9 nitrogen and oxygen atoms in total. The number of rotatable bonds is 4. The van der Waals surface area contributed by atoms with Crippen LogP contribution in [0.4, 0.5) is 13.2 Å². The molecule has 0 amide bonds. The van der Waals surface area contributed by atoms with Gasteiger partial charge in [0, 0.05) is 11.5 Å². The molecular formula is C22H25F3O9S. The van der Waals surface area contributed by atoms with Crippen LogP contribution in [0.5, 0.6) is 0 Å². The first-order chi connectivity index (χ1) is 16.2. The van der Waals surface area contributed by atoms with Crippen molar-refractivity contribution in [2.24, 2.45) is 28.6 Å². The average Bonchev–Trinajstić information content (AvgIpc) is 3.28. The number of furan rings is 1. The van der Waals surface area contributed by atoms with Gasteiger partial charge in [-0.05, 0) is 42.6 Å². The lowest BCUT2D eigenvalue weighted by Crippen LogP contribution is -2.65. The molecule has 2 unspecified atom stereocenters. The molecule has 1 saturated heterocycles. The molecule has 1 aromatic heterocycles. The molecule has 13 heteroatoms. The number of hydrogen-bond acceptors (Lipinski definition) is 9. The predicted octanol–water partition coefficient (Wildman–Crippen LogP) is 3.30. The van der Waals surface area contributed by atoms with Gasteiger partial charge in [-0.2, -0.15) is 21.6 Å². The van der Waals surface area contributed by atoms with Crippen molar-refractivity contribution in [1.82, 2.24) is 0 Å². The molecule has 2 saturated carbocycles. The van der Waals surface area contributed by atoms with E-state index < -0.39 is 80.6 Å². The van der Waals surface area contributed by atoms with Gasteiger partial charge in [0.1, 0.15) is 12.2 Å². The zero-order valence-electron chi connectivity index (χ0n) is 19.2. The maximum atomic E-state index is 13.7. The molecule has 0 spiro atoms. The third kappa shape index (κ3) is 3.96. The first-order valence-electron chi connectivity index (χ1n) is 11.0. The summed E-state index contributed by atoms with van der Waals surface area (Å²) in [5, 5.41) is 0. The number of fused-ring (bicyclic) bond motifs is 3. The standard InChI is InChI=1S/C22H25F3O9S/c1-20-6-4-12-19(28)33-15(11-5-7-32-10-11)9-21(12,2)17(20)16(26)14(8-13(20)18(27)31-3)34-35(29,30)22(23,24)25/h5,7,10,12-15,17H,4,6,8-9H2,1-3H3/t12?,13-,14+,15-,17?,20-,21-/m0/s1. The van der Waals surface area contributed by atoms with Crippen LogP contribution in [0, 0.1) is 28.6 Å². The SMILES string of the molecule is COC(=O)[C@@H]1C[C@@H](OS(=O)(=O)C(F)(F)F)C(=O)C2[C@@]3(C)C[C@@H](c4ccoc4)OC(=O)C3CC[C@]21C. The molecule has 4 rings (SSSR count). The molecule has 3 fully saturated rings. The number of ether oxygens (including phenoxy) is 2. The topological polar surface area (TPSA) is 126 Å². The lowest BCUT2D eigenvalue weighted by molar-refractivity contribution is -0.207. The predicted molar refractivity (Wildman–Crippen MR) is 110 cm³/mol. The van der Waals surface area contributed by atoms with Crippen LogP contribution in [0.2, 0.25) is 0 Å². The number of methoxy groups -OCH3 is 1. The first kappa shape index (κ1) is 25.7. The Morgan fingerprint density at radius 2 is 1.89 bits per heavy atom. The third-order valence-electron chi connectivity index (χ3n) is 8.03. The fraction of sp³-hybridized carbons (Fsp3) is 0.682. The lowest BCUT2D eigenvalue weighted by Gasteiger charge is -2.61. The van der Waals surface area contributed by atoms with E-state index in [0.29, 0.717) is 5.56 Å². The Morgan fingerprint density at radius 1 is 1.20 bits per heavy atom. The monoisotopic (exact) mass is 522 g/mol. The fourth-order valence-electron chi connectivity index (χ4n) is 6.45. The number of alkyl halides is 3. The van der Waals surface area contributed by atoms with Crippen LogP contribution >= 0.6 is 0 Å². The highest BCUT2D eigenvalue weighted by molar-refractivity contribution is 7.87. The third-order valence-corrected chi connectivity index (χ3v) is 9.08.